The number of rotatable bonds is 7. The summed E-state index contributed by atoms with van der Waals surface area (Å²) in [6.07, 6.45) is 1.44. The SMILES string of the molecule is COc1cc2ncnc(Nc3ccc(F)c(Cl)c3)c2cc1OCC(C)(C)C(C)(C)N. The summed E-state index contributed by atoms with van der Waals surface area (Å²) >= 11 is 5.89. The van der Waals surface area contributed by atoms with Gasteiger partial charge in [-0.1, -0.05) is 25.4 Å². The summed E-state index contributed by atoms with van der Waals surface area (Å²) in [5.74, 6) is 1.16. The molecule has 0 radical (unpaired) electrons. The van der Waals surface area contributed by atoms with Gasteiger partial charge in [0.05, 0.1) is 24.3 Å². The number of aromatic nitrogens is 2. The summed E-state index contributed by atoms with van der Waals surface area (Å²) in [5, 5.41) is 3.90. The summed E-state index contributed by atoms with van der Waals surface area (Å²) in [6.45, 7) is 8.43. The van der Waals surface area contributed by atoms with Crippen LogP contribution in [0.5, 0.6) is 11.5 Å². The highest BCUT2D eigenvalue weighted by molar-refractivity contribution is 6.31. The van der Waals surface area contributed by atoms with E-state index in [0.29, 0.717) is 35.1 Å². The minimum Gasteiger partial charge on any atom is -0.493 e. The number of methoxy groups -OCH3 is 1. The number of hydrogen-bond acceptors (Lipinski definition) is 6. The average molecular weight is 433 g/mol. The minimum atomic E-state index is -0.486. The first kappa shape index (κ1) is 22.1. The smallest absolute Gasteiger partial charge is 0.162 e. The Labute approximate surface area is 180 Å². The van der Waals surface area contributed by atoms with Crippen LogP contribution in [0.25, 0.3) is 10.9 Å². The van der Waals surface area contributed by atoms with Crippen LogP contribution < -0.4 is 20.5 Å². The number of benzene rings is 2. The molecule has 160 valence electrons. The summed E-state index contributed by atoms with van der Waals surface area (Å²) in [6, 6.07) is 7.98. The largest absolute Gasteiger partial charge is 0.493 e. The number of hydrogen-bond donors (Lipinski definition) is 2. The fraction of sp³-hybridized carbons (Fsp3) is 0.364. The van der Waals surface area contributed by atoms with Gasteiger partial charge in [-0.15, -0.1) is 0 Å². The molecule has 3 rings (SSSR count). The summed E-state index contributed by atoms with van der Waals surface area (Å²) < 4.78 is 25.1. The summed E-state index contributed by atoms with van der Waals surface area (Å²) in [4.78, 5) is 8.64. The predicted molar refractivity (Wildman–Crippen MR) is 118 cm³/mol. The molecule has 0 saturated carbocycles. The maximum Gasteiger partial charge on any atom is 0.162 e. The Kier molecular flexibility index (Phi) is 6.06. The van der Waals surface area contributed by atoms with Gasteiger partial charge in [-0.2, -0.15) is 0 Å². The van der Waals surface area contributed by atoms with E-state index in [9.17, 15) is 4.39 Å². The van der Waals surface area contributed by atoms with Gasteiger partial charge in [0.15, 0.2) is 11.5 Å². The highest BCUT2D eigenvalue weighted by Crippen LogP contribution is 2.37. The van der Waals surface area contributed by atoms with E-state index >= 15 is 0 Å². The van der Waals surface area contributed by atoms with E-state index in [1.807, 2.05) is 19.9 Å². The second kappa shape index (κ2) is 8.24. The van der Waals surface area contributed by atoms with Gasteiger partial charge in [-0.05, 0) is 38.1 Å². The van der Waals surface area contributed by atoms with Gasteiger partial charge in [0, 0.05) is 28.1 Å². The van der Waals surface area contributed by atoms with E-state index in [1.165, 1.54) is 18.5 Å². The normalized spacial score (nSPS) is 12.1. The van der Waals surface area contributed by atoms with Crippen LogP contribution in [0.3, 0.4) is 0 Å². The molecular weight excluding hydrogens is 407 g/mol. The van der Waals surface area contributed by atoms with Crippen LogP contribution in [0.2, 0.25) is 5.02 Å². The zero-order chi connectivity index (χ0) is 22.1. The van der Waals surface area contributed by atoms with Gasteiger partial charge in [0.1, 0.15) is 18.0 Å². The molecule has 3 aromatic rings. The summed E-state index contributed by atoms with van der Waals surface area (Å²) in [7, 11) is 1.58. The Balaban J connectivity index is 1.98. The molecule has 8 heteroatoms. The monoisotopic (exact) mass is 432 g/mol. The molecule has 1 heterocycles. The number of ether oxygens (including phenoxy) is 2. The Hall–Kier alpha value is -2.64. The van der Waals surface area contributed by atoms with Gasteiger partial charge in [0.2, 0.25) is 0 Å². The van der Waals surface area contributed by atoms with Crippen LogP contribution in [-0.4, -0.2) is 29.2 Å². The van der Waals surface area contributed by atoms with Crippen molar-refractivity contribution in [1.82, 2.24) is 9.97 Å². The van der Waals surface area contributed by atoms with E-state index in [4.69, 9.17) is 26.8 Å². The third kappa shape index (κ3) is 4.57. The highest BCUT2D eigenvalue weighted by Gasteiger charge is 2.34. The molecule has 1 aromatic heterocycles. The molecular formula is C22H26ClFN4O2. The van der Waals surface area contributed by atoms with Crippen LogP contribution in [0.4, 0.5) is 15.9 Å². The van der Waals surface area contributed by atoms with Crippen LogP contribution in [0, 0.1) is 11.2 Å². The zero-order valence-electron chi connectivity index (χ0n) is 17.7. The third-order valence-corrected chi connectivity index (χ3v) is 5.73. The quantitative estimate of drug-likeness (QED) is 0.526. The maximum absolute atomic E-state index is 13.5. The minimum absolute atomic E-state index is 0.0238. The van der Waals surface area contributed by atoms with Crippen LogP contribution in [0.1, 0.15) is 27.7 Å². The second-order valence-corrected chi connectivity index (χ2v) is 8.80. The lowest BCUT2D eigenvalue weighted by Crippen LogP contribution is -2.50. The molecule has 0 unspecified atom stereocenters. The molecule has 0 aliphatic heterocycles. The first-order valence-electron chi connectivity index (χ1n) is 9.48. The fourth-order valence-corrected chi connectivity index (χ4v) is 2.77. The second-order valence-electron chi connectivity index (χ2n) is 8.39. The van der Waals surface area contributed by atoms with Crippen molar-refractivity contribution in [3.8, 4) is 11.5 Å². The van der Waals surface area contributed by atoms with E-state index in [2.05, 4.69) is 29.1 Å². The van der Waals surface area contributed by atoms with Crippen molar-refractivity contribution in [3.63, 3.8) is 0 Å². The molecule has 2 aromatic carbocycles. The molecule has 0 amide bonds. The molecule has 0 aliphatic carbocycles. The van der Waals surface area contributed by atoms with Crippen molar-refractivity contribution in [1.29, 1.82) is 0 Å². The Morgan fingerprint density at radius 2 is 1.83 bits per heavy atom. The van der Waals surface area contributed by atoms with Crippen LogP contribution >= 0.6 is 11.6 Å². The van der Waals surface area contributed by atoms with E-state index in [1.54, 1.807) is 19.2 Å². The lowest BCUT2D eigenvalue weighted by Gasteiger charge is -2.38. The Bertz CT molecular complexity index is 1070. The zero-order valence-corrected chi connectivity index (χ0v) is 18.5. The number of anilines is 2. The van der Waals surface area contributed by atoms with E-state index < -0.39 is 11.4 Å². The number of nitrogens with zero attached hydrogens (tertiary/aromatic N) is 2. The molecule has 0 atom stereocenters. The van der Waals surface area contributed by atoms with Crippen LogP contribution in [0.15, 0.2) is 36.7 Å². The van der Waals surface area contributed by atoms with Gasteiger partial charge in [-0.25, -0.2) is 14.4 Å². The third-order valence-electron chi connectivity index (χ3n) is 5.44. The Morgan fingerprint density at radius 3 is 2.47 bits per heavy atom. The molecule has 0 bridgehead atoms. The molecule has 30 heavy (non-hydrogen) atoms. The lowest BCUT2D eigenvalue weighted by molar-refractivity contribution is 0.105. The van der Waals surface area contributed by atoms with Crippen LogP contribution in [-0.2, 0) is 0 Å². The van der Waals surface area contributed by atoms with Crippen molar-refractivity contribution < 1.29 is 13.9 Å². The molecule has 0 aliphatic rings. The lowest BCUT2D eigenvalue weighted by atomic mass is 9.76. The van der Waals surface area contributed by atoms with Gasteiger partial charge in [-0.3, -0.25) is 0 Å². The first-order chi connectivity index (χ1) is 14.0. The number of fused-ring (bicyclic) bond motifs is 1. The molecule has 3 N–H and O–H groups in total. The number of halogens is 2. The van der Waals surface area contributed by atoms with E-state index in [0.717, 1.165) is 5.39 Å². The van der Waals surface area contributed by atoms with Crippen molar-refractivity contribution in [2.45, 2.75) is 33.2 Å². The number of nitrogens with one attached hydrogen (secondary N) is 1. The molecule has 6 nitrogen and oxygen atoms in total. The molecule has 0 saturated heterocycles. The highest BCUT2D eigenvalue weighted by atomic mass is 35.5. The summed E-state index contributed by atoms with van der Waals surface area (Å²) in [5.41, 5.74) is 6.84. The first-order valence-corrected chi connectivity index (χ1v) is 9.86. The topological polar surface area (TPSA) is 82.3 Å². The molecule has 0 spiro atoms. The molecule has 0 fully saturated rings. The van der Waals surface area contributed by atoms with Crippen molar-refractivity contribution in [3.05, 3.63) is 47.5 Å². The van der Waals surface area contributed by atoms with Crippen molar-refractivity contribution in [2.75, 3.05) is 19.0 Å². The van der Waals surface area contributed by atoms with Gasteiger partial charge < -0.3 is 20.5 Å². The standard InChI is InChI=1S/C22H26ClFN4O2/c1-21(2,22(3,4)25)11-30-19-9-14-17(10-18(19)29-5)26-12-27-20(14)28-13-6-7-16(24)15(23)8-13/h6-10,12H,11,25H2,1-5H3,(H,26,27,28). The van der Waals surface area contributed by atoms with Crippen molar-refractivity contribution >= 4 is 34.0 Å². The van der Waals surface area contributed by atoms with Crippen molar-refractivity contribution in [2.24, 2.45) is 11.1 Å². The van der Waals surface area contributed by atoms with Gasteiger partial charge in [0.25, 0.3) is 0 Å². The maximum atomic E-state index is 13.5. The average Bonchev–Trinajstić information content (AvgIpc) is 2.68. The number of nitrogens with two attached hydrogens (primary N) is 1. The van der Waals surface area contributed by atoms with E-state index in [-0.39, 0.29) is 10.4 Å². The Morgan fingerprint density at radius 1 is 1.10 bits per heavy atom. The van der Waals surface area contributed by atoms with Gasteiger partial charge >= 0.3 is 0 Å². The predicted octanol–water partition coefficient (Wildman–Crippen LogP) is 5.32. The fourth-order valence-electron chi connectivity index (χ4n) is 2.59.